The molecule has 1 rings (SSSR count). The lowest BCUT2D eigenvalue weighted by atomic mass is 10.3. The maximum absolute atomic E-state index is 13.2. The van der Waals surface area contributed by atoms with Crippen molar-refractivity contribution < 1.29 is 17.2 Å². The van der Waals surface area contributed by atoms with Crippen LogP contribution in [0.1, 0.15) is 0 Å². The van der Waals surface area contributed by atoms with E-state index in [1.807, 2.05) is 4.72 Å². The molecule has 8 heteroatoms. The van der Waals surface area contributed by atoms with Crippen LogP contribution in [0.15, 0.2) is 16.6 Å². The summed E-state index contributed by atoms with van der Waals surface area (Å²) in [4.78, 5) is 0. The van der Waals surface area contributed by atoms with Crippen molar-refractivity contribution in [1.29, 1.82) is 0 Å². The van der Waals surface area contributed by atoms with Gasteiger partial charge in [-0.2, -0.15) is 0 Å². The van der Waals surface area contributed by atoms with E-state index in [1.165, 1.54) is 0 Å². The Kier molecular flexibility index (Phi) is 4.52. The van der Waals surface area contributed by atoms with E-state index in [1.54, 1.807) is 0 Å². The largest absolute Gasteiger partial charge is 0.280 e. The van der Waals surface area contributed by atoms with Crippen LogP contribution in [0.2, 0.25) is 0 Å². The summed E-state index contributed by atoms with van der Waals surface area (Å²) in [7, 11) is -3.70. The summed E-state index contributed by atoms with van der Waals surface area (Å²) in [5, 5.41) is 0. The Hall–Kier alpha value is -0.400. The molecule has 0 aromatic heterocycles. The van der Waals surface area contributed by atoms with E-state index in [2.05, 4.69) is 15.9 Å². The molecule has 16 heavy (non-hydrogen) atoms. The Morgan fingerprint density at radius 2 is 1.94 bits per heavy atom. The molecule has 0 radical (unpaired) electrons. The van der Waals surface area contributed by atoms with Gasteiger partial charge in [0.15, 0.2) is 0 Å². The lowest BCUT2D eigenvalue weighted by molar-refractivity contribution is 0.579. The first-order valence-electron chi connectivity index (χ1n) is 4.07. The van der Waals surface area contributed by atoms with Crippen LogP contribution in [0.5, 0.6) is 0 Å². The Morgan fingerprint density at radius 1 is 1.31 bits per heavy atom. The Morgan fingerprint density at radius 3 is 2.50 bits per heavy atom. The Bertz CT molecular complexity index is 495. The maximum atomic E-state index is 13.2. The van der Waals surface area contributed by atoms with E-state index in [-0.39, 0.29) is 21.8 Å². The zero-order chi connectivity index (χ0) is 12.3. The number of sulfonamides is 1. The third-order valence-electron chi connectivity index (χ3n) is 1.62. The molecule has 90 valence electrons. The highest BCUT2D eigenvalue weighted by Crippen LogP contribution is 2.24. The SMILES string of the molecule is O=S(=O)(CCCl)Nc1cc(Br)c(F)cc1F. The predicted octanol–water partition coefficient (Wildman–Crippen LogP) is 2.71. The molecule has 1 aromatic carbocycles. The topological polar surface area (TPSA) is 46.2 Å². The van der Waals surface area contributed by atoms with Crippen molar-refractivity contribution >= 4 is 43.2 Å². The van der Waals surface area contributed by atoms with Gasteiger partial charge < -0.3 is 0 Å². The average molecular weight is 335 g/mol. The molecular formula is C8H7BrClF2NO2S. The molecular weight excluding hydrogens is 328 g/mol. The molecule has 0 aliphatic rings. The fraction of sp³-hybridized carbons (Fsp3) is 0.250. The molecule has 0 saturated heterocycles. The molecule has 0 unspecified atom stereocenters. The van der Waals surface area contributed by atoms with Crippen LogP contribution in [0, 0.1) is 11.6 Å². The molecule has 0 fully saturated rings. The van der Waals surface area contributed by atoms with Gasteiger partial charge >= 0.3 is 0 Å². The molecule has 0 aliphatic heterocycles. The number of alkyl halides is 1. The Balaban J connectivity index is 3.03. The van der Waals surface area contributed by atoms with E-state index >= 15 is 0 Å². The number of hydrogen-bond acceptors (Lipinski definition) is 2. The third-order valence-corrected chi connectivity index (χ3v) is 3.91. The maximum Gasteiger partial charge on any atom is 0.233 e. The molecule has 0 aliphatic carbocycles. The van der Waals surface area contributed by atoms with Gasteiger partial charge in [-0.15, -0.1) is 11.6 Å². The van der Waals surface area contributed by atoms with Gasteiger partial charge in [0.25, 0.3) is 0 Å². The van der Waals surface area contributed by atoms with Crippen LogP contribution in [0.3, 0.4) is 0 Å². The third kappa shape index (κ3) is 3.57. The van der Waals surface area contributed by atoms with Gasteiger partial charge in [-0.05, 0) is 22.0 Å². The van der Waals surface area contributed by atoms with Gasteiger partial charge in [0.05, 0.1) is 15.9 Å². The van der Waals surface area contributed by atoms with Crippen molar-refractivity contribution in [3.05, 3.63) is 28.2 Å². The summed E-state index contributed by atoms with van der Waals surface area (Å²) in [6.45, 7) is 0. The minimum atomic E-state index is -3.70. The number of nitrogens with one attached hydrogen (secondary N) is 1. The average Bonchev–Trinajstić information content (AvgIpc) is 2.13. The van der Waals surface area contributed by atoms with Crippen molar-refractivity contribution in [1.82, 2.24) is 0 Å². The molecule has 0 saturated carbocycles. The quantitative estimate of drug-likeness (QED) is 0.680. The second-order valence-corrected chi connectivity index (χ2v) is 5.93. The predicted molar refractivity (Wildman–Crippen MR) is 62.2 cm³/mol. The van der Waals surface area contributed by atoms with E-state index in [9.17, 15) is 17.2 Å². The summed E-state index contributed by atoms with van der Waals surface area (Å²) >= 11 is 8.09. The first-order valence-corrected chi connectivity index (χ1v) is 7.04. The van der Waals surface area contributed by atoms with Gasteiger partial charge in [0, 0.05) is 11.9 Å². The van der Waals surface area contributed by atoms with Gasteiger partial charge in [0.1, 0.15) is 11.6 Å². The van der Waals surface area contributed by atoms with Crippen molar-refractivity contribution in [2.24, 2.45) is 0 Å². The second kappa shape index (κ2) is 5.29. The summed E-state index contributed by atoms with van der Waals surface area (Å²) in [6.07, 6.45) is 0. The standard InChI is InChI=1S/C8H7BrClF2NO2S/c9-5-3-8(7(12)4-6(5)11)13-16(14,15)2-1-10/h3-4,13H,1-2H2. The molecule has 1 aromatic rings. The highest BCUT2D eigenvalue weighted by Gasteiger charge is 2.14. The lowest BCUT2D eigenvalue weighted by Gasteiger charge is -2.08. The van der Waals surface area contributed by atoms with Crippen LogP contribution in [0.4, 0.5) is 14.5 Å². The normalized spacial score (nSPS) is 11.5. The van der Waals surface area contributed by atoms with Gasteiger partial charge in [-0.1, -0.05) is 0 Å². The smallest absolute Gasteiger partial charge is 0.233 e. The zero-order valence-corrected chi connectivity index (χ0v) is 11.0. The minimum Gasteiger partial charge on any atom is -0.280 e. The number of anilines is 1. The second-order valence-electron chi connectivity index (χ2n) is 2.86. The molecule has 3 nitrogen and oxygen atoms in total. The van der Waals surface area contributed by atoms with Crippen LogP contribution in [-0.4, -0.2) is 20.1 Å². The van der Waals surface area contributed by atoms with Crippen molar-refractivity contribution in [2.75, 3.05) is 16.4 Å². The van der Waals surface area contributed by atoms with Gasteiger partial charge in [-0.3, -0.25) is 4.72 Å². The summed E-state index contributed by atoms with van der Waals surface area (Å²) in [5.41, 5.74) is -0.321. The van der Waals surface area contributed by atoms with E-state index in [0.29, 0.717) is 6.07 Å². The zero-order valence-electron chi connectivity index (χ0n) is 7.81. The fourth-order valence-electron chi connectivity index (χ4n) is 0.921. The molecule has 0 spiro atoms. The monoisotopic (exact) mass is 333 g/mol. The summed E-state index contributed by atoms with van der Waals surface area (Å²) in [6, 6.07) is 1.60. The van der Waals surface area contributed by atoms with Gasteiger partial charge in [-0.25, -0.2) is 17.2 Å². The van der Waals surface area contributed by atoms with E-state index < -0.39 is 21.7 Å². The highest BCUT2D eigenvalue weighted by atomic mass is 79.9. The number of hydrogen-bond donors (Lipinski definition) is 1. The van der Waals surface area contributed by atoms with E-state index in [4.69, 9.17) is 11.6 Å². The van der Waals surface area contributed by atoms with Crippen LogP contribution in [-0.2, 0) is 10.0 Å². The van der Waals surface area contributed by atoms with Gasteiger partial charge in [0.2, 0.25) is 10.0 Å². The van der Waals surface area contributed by atoms with Crippen LogP contribution < -0.4 is 4.72 Å². The summed E-state index contributed by atoms with van der Waals surface area (Å²) in [5.74, 6) is -2.25. The van der Waals surface area contributed by atoms with Crippen molar-refractivity contribution in [3.8, 4) is 0 Å². The highest BCUT2D eigenvalue weighted by molar-refractivity contribution is 9.10. The Labute approximate surface area is 105 Å². The molecule has 0 atom stereocenters. The molecule has 0 heterocycles. The molecule has 1 N–H and O–H groups in total. The van der Waals surface area contributed by atoms with Crippen LogP contribution in [0.25, 0.3) is 0 Å². The minimum absolute atomic E-state index is 0.0301. The fourth-order valence-corrected chi connectivity index (χ4v) is 2.67. The lowest BCUT2D eigenvalue weighted by Crippen LogP contribution is -2.18. The molecule has 0 amide bonds. The van der Waals surface area contributed by atoms with Crippen molar-refractivity contribution in [2.45, 2.75) is 0 Å². The number of benzene rings is 1. The van der Waals surface area contributed by atoms with Crippen LogP contribution >= 0.6 is 27.5 Å². The van der Waals surface area contributed by atoms with Crippen molar-refractivity contribution in [3.63, 3.8) is 0 Å². The number of halogens is 4. The molecule has 0 bridgehead atoms. The first-order chi connectivity index (χ1) is 7.35. The first kappa shape index (κ1) is 13.7. The summed E-state index contributed by atoms with van der Waals surface area (Å²) < 4.78 is 50.5. The number of rotatable bonds is 4. The van der Waals surface area contributed by atoms with E-state index in [0.717, 1.165) is 6.07 Å².